The zero-order chi connectivity index (χ0) is 9.10. The van der Waals surface area contributed by atoms with Crippen molar-refractivity contribution in [2.24, 2.45) is 0 Å². The van der Waals surface area contributed by atoms with E-state index >= 15 is 0 Å². The smallest absolute Gasteiger partial charge is 0.222 e. The monoisotopic (exact) mass is 178 g/mol. The van der Waals surface area contributed by atoms with E-state index < -0.39 is 6.29 Å². The van der Waals surface area contributed by atoms with Crippen molar-refractivity contribution in [3.63, 3.8) is 0 Å². The first-order valence-corrected chi connectivity index (χ1v) is 4.20. The van der Waals surface area contributed by atoms with Crippen LogP contribution in [-0.4, -0.2) is 25.3 Å². The highest BCUT2D eigenvalue weighted by atomic mass is 16.7. The molecule has 1 aliphatic heterocycles. The van der Waals surface area contributed by atoms with Gasteiger partial charge in [0.25, 0.3) is 0 Å². The van der Waals surface area contributed by atoms with Crippen LogP contribution in [-0.2, 0) is 9.47 Å². The summed E-state index contributed by atoms with van der Waals surface area (Å²) in [5.41, 5.74) is 0.634. The van der Waals surface area contributed by atoms with Gasteiger partial charge in [0, 0.05) is 5.56 Å². The van der Waals surface area contributed by atoms with Crippen LogP contribution in [0.25, 0.3) is 0 Å². The quantitative estimate of drug-likeness (QED) is 0.639. The van der Waals surface area contributed by atoms with Crippen molar-refractivity contribution in [3.05, 3.63) is 35.9 Å². The van der Waals surface area contributed by atoms with E-state index in [9.17, 15) is 4.79 Å². The van der Waals surface area contributed by atoms with Crippen molar-refractivity contribution in [1.82, 2.24) is 0 Å². The average molecular weight is 178 g/mol. The van der Waals surface area contributed by atoms with Crippen molar-refractivity contribution in [3.8, 4) is 0 Å². The molecule has 0 aromatic heterocycles. The highest BCUT2D eigenvalue weighted by Crippen LogP contribution is 2.11. The molecule has 1 aliphatic rings. The van der Waals surface area contributed by atoms with Crippen LogP contribution < -0.4 is 0 Å². The Morgan fingerprint density at radius 3 is 2.38 bits per heavy atom. The maximum absolute atomic E-state index is 11.6. The normalized spacial score (nSPS) is 17.5. The summed E-state index contributed by atoms with van der Waals surface area (Å²) in [4.78, 5) is 11.6. The van der Waals surface area contributed by atoms with Crippen LogP contribution in [0.15, 0.2) is 30.3 Å². The Hall–Kier alpha value is -1.19. The van der Waals surface area contributed by atoms with Gasteiger partial charge in [-0.05, 0) is 0 Å². The molecule has 3 nitrogen and oxygen atoms in total. The Labute approximate surface area is 76.3 Å². The topological polar surface area (TPSA) is 35.5 Å². The molecular formula is C10H10O3. The van der Waals surface area contributed by atoms with Gasteiger partial charge in [0.15, 0.2) is 0 Å². The van der Waals surface area contributed by atoms with Crippen LogP contribution in [0.1, 0.15) is 10.4 Å². The summed E-state index contributed by atoms with van der Waals surface area (Å²) in [5, 5.41) is 0. The second kappa shape index (κ2) is 3.68. The number of benzene rings is 1. The molecular weight excluding hydrogens is 168 g/mol. The highest BCUT2D eigenvalue weighted by molar-refractivity contribution is 5.98. The molecule has 1 aromatic carbocycles. The lowest BCUT2D eigenvalue weighted by Crippen LogP contribution is -2.21. The molecule has 3 heteroatoms. The third-order valence-corrected chi connectivity index (χ3v) is 1.89. The first kappa shape index (κ1) is 8.41. The van der Waals surface area contributed by atoms with Crippen molar-refractivity contribution < 1.29 is 14.3 Å². The molecule has 0 unspecified atom stereocenters. The predicted molar refractivity (Wildman–Crippen MR) is 46.5 cm³/mol. The van der Waals surface area contributed by atoms with Gasteiger partial charge in [0.05, 0.1) is 13.2 Å². The minimum atomic E-state index is -0.692. The highest BCUT2D eigenvalue weighted by Gasteiger charge is 2.25. The molecule has 0 spiro atoms. The maximum atomic E-state index is 11.6. The van der Waals surface area contributed by atoms with Crippen molar-refractivity contribution in [1.29, 1.82) is 0 Å². The van der Waals surface area contributed by atoms with E-state index in [0.717, 1.165) is 0 Å². The Balaban J connectivity index is 2.13. The summed E-state index contributed by atoms with van der Waals surface area (Å²) in [6.45, 7) is 1.01. The Morgan fingerprint density at radius 2 is 1.77 bits per heavy atom. The predicted octanol–water partition coefficient (Wildman–Crippen LogP) is 1.24. The Kier molecular flexibility index (Phi) is 2.38. The van der Waals surface area contributed by atoms with Gasteiger partial charge in [-0.3, -0.25) is 4.79 Å². The van der Waals surface area contributed by atoms with E-state index in [1.807, 2.05) is 18.2 Å². The SMILES string of the molecule is O=C(c1ccccc1)C1OCCO1. The molecule has 0 radical (unpaired) electrons. The van der Waals surface area contributed by atoms with Crippen LogP contribution in [0.3, 0.4) is 0 Å². The van der Waals surface area contributed by atoms with Crippen LogP contribution in [0.5, 0.6) is 0 Å². The molecule has 0 aliphatic carbocycles. The summed E-state index contributed by atoms with van der Waals surface area (Å²) in [6.07, 6.45) is -0.692. The lowest BCUT2D eigenvalue weighted by molar-refractivity contribution is -0.0213. The van der Waals surface area contributed by atoms with Crippen LogP contribution >= 0.6 is 0 Å². The number of rotatable bonds is 2. The fourth-order valence-corrected chi connectivity index (χ4v) is 1.25. The van der Waals surface area contributed by atoms with E-state index in [0.29, 0.717) is 18.8 Å². The summed E-state index contributed by atoms with van der Waals surface area (Å²) >= 11 is 0. The second-order valence-electron chi connectivity index (χ2n) is 2.80. The standard InChI is InChI=1S/C10H10O3/c11-9(10-12-6-7-13-10)8-4-2-1-3-5-8/h1-5,10H,6-7H2. The largest absolute Gasteiger partial charge is 0.343 e. The summed E-state index contributed by atoms with van der Waals surface area (Å²) < 4.78 is 10.2. The second-order valence-corrected chi connectivity index (χ2v) is 2.80. The number of carbonyl (C=O) groups is 1. The van der Waals surface area contributed by atoms with E-state index in [1.54, 1.807) is 12.1 Å². The number of hydrogen-bond donors (Lipinski definition) is 0. The molecule has 0 saturated carbocycles. The van der Waals surface area contributed by atoms with Gasteiger partial charge in [-0.25, -0.2) is 0 Å². The number of ether oxygens (including phenoxy) is 2. The lowest BCUT2D eigenvalue weighted by atomic mass is 10.1. The average Bonchev–Trinajstić information content (AvgIpc) is 2.71. The number of ketones is 1. The molecule has 1 aromatic rings. The molecule has 0 bridgehead atoms. The number of carbonyl (C=O) groups excluding carboxylic acids is 1. The van der Waals surface area contributed by atoms with Crippen molar-refractivity contribution in [2.75, 3.05) is 13.2 Å². The molecule has 2 rings (SSSR count). The zero-order valence-electron chi connectivity index (χ0n) is 7.10. The molecule has 0 N–H and O–H groups in total. The number of Topliss-reactive ketones (excluding diaryl/α,β-unsaturated/α-hetero) is 1. The molecule has 68 valence electrons. The minimum absolute atomic E-state index is 0.0990. The number of hydrogen-bond acceptors (Lipinski definition) is 3. The van der Waals surface area contributed by atoms with E-state index in [-0.39, 0.29) is 5.78 Å². The molecule has 1 saturated heterocycles. The first-order chi connectivity index (χ1) is 6.38. The summed E-state index contributed by atoms with van der Waals surface area (Å²) in [5.74, 6) is -0.0990. The van der Waals surface area contributed by atoms with Crippen LogP contribution in [0.2, 0.25) is 0 Å². The Bertz CT molecular complexity index is 288. The summed E-state index contributed by atoms with van der Waals surface area (Å²) in [6, 6.07) is 9.03. The zero-order valence-corrected chi connectivity index (χ0v) is 7.10. The molecule has 13 heavy (non-hydrogen) atoms. The van der Waals surface area contributed by atoms with E-state index in [4.69, 9.17) is 9.47 Å². The van der Waals surface area contributed by atoms with Gasteiger partial charge in [-0.2, -0.15) is 0 Å². The van der Waals surface area contributed by atoms with Gasteiger partial charge < -0.3 is 9.47 Å². The van der Waals surface area contributed by atoms with Gasteiger partial charge in [0.2, 0.25) is 12.1 Å². The fraction of sp³-hybridized carbons (Fsp3) is 0.300. The van der Waals surface area contributed by atoms with Crippen LogP contribution in [0, 0.1) is 0 Å². The van der Waals surface area contributed by atoms with E-state index in [1.165, 1.54) is 0 Å². The molecule has 1 fully saturated rings. The third kappa shape index (κ3) is 1.76. The van der Waals surface area contributed by atoms with Crippen molar-refractivity contribution in [2.45, 2.75) is 6.29 Å². The lowest BCUT2D eigenvalue weighted by Gasteiger charge is -2.06. The van der Waals surface area contributed by atoms with E-state index in [2.05, 4.69) is 0 Å². The van der Waals surface area contributed by atoms with Gasteiger partial charge in [-0.1, -0.05) is 30.3 Å². The van der Waals surface area contributed by atoms with Crippen molar-refractivity contribution >= 4 is 5.78 Å². The Morgan fingerprint density at radius 1 is 1.15 bits per heavy atom. The van der Waals surface area contributed by atoms with Gasteiger partial charge >= 0.3 is 0 Å². The first-order valence-electron chi connectivity index (χ1n) is 4.20. The van der Waals surface area contributed by atoms with Gasteiger partial charge in [0.1, 0.15) is 0 Å². The maximum Gasteiger partial charge on any atom is 0.222 e. The molecule has 0 atom stereocenters. The minimum Gasteiger partial charge on any atom is -0.343 e. The summed E-state index contributed by atoms with van der Waals surface area (Å²) in [7, 11) is 0. The third-order valence-electron chi connectivity index (χ3n) is 1.89. The fourth-order valence-electron chi connectivity index (χ4n) is 1.25. The molecule has 0 amide bonds. The van der Waals surface area contributed by atoms with Crippen LogP contribution in [0.4, 0.5) is 0 Å². The van der Waals surface area contributed by atoms with Gasteiger partial charge in [-0.15, -0.1) is 0 Å². The molecule has 1 heterocycles.